The molecule has 0 saturated carbocycles. The highest BCUT2D eigenvalue weighted by molar-refractivity contribution is 5.49. The number of rotatable bonds is 6. The highest BCUT2D eigenvalue weighted by Crippen LogP contribution is 2.25. The largest absolute Gasteiger partial charge is 0.391 e. The van der Waals surface area contributed by atoms with Crippen LogP contribution in [0.3, 0.4) is 0 Å². The molecule has 0 fully saturated rings. The standard InChI is InChI=1S/C14H20N2O/c1-10-7-8-14(16-11(10)2)13(6-5-9-17)12(3)15-4/h7-9,13,15H,3,5-6H2,1-2,4H3. The maximum absolute atomic E-state index is 10.5. The molecule has 17 heavy (non-hydrogen) atoms. The zero-order valence-corrected chi connectivity index (χ0v) is 10.8. The van der Waals surface area contributed by atoms with Crippen LogP contribution >= 0.6 is 0 Å². The molecule has 1 aromatic heterocycles. The summed E-state index contributed by atoms with van der Waals surface area (Å²) in [6, 6.07) is 4.08. The van der Waals surface area contributed by atoms with Crippen molar-refractivity contribution in [3.05, 3.63) is 41.4 Å². The number of nitrogens with zero attached hydrogens (tertiary/aromatic N) is 1. The smallest absolute Gasteiger partial charge is 0.120 e. The molecule has 0 radical (unpaired) electrons. The molecule has 0 saturated heterocycles. The first-order chi connectivity index (χ1) is 8.10. The minimum absolute atomic E-state index is 0.101. The molecule has 1 N–H and O–H groups in total. The fourth-order valence-corrected chi connectivity index (χ4v) is 1.75. The van der Waals surface area contributed by atoms with Crippen LogP contribution in [0.15, 0.2) is 24.4 Å². The highest BCUT2D eigenvalue weighted by atomic mass is 16.1. The van der Waals surface area contributed by atoms with E-state index in [1.807, 2.05) is 27.0 Å². The van der Waals surface area contributed by atoms with Crippen molar-refractivity contribution in [1.29, 1.82) is 0 Å². The molecule has 1 rings (SSSR count). The summed E-state index contributed by atoms with van der Waals surface area (Å²) in [5, 5.41) is 3.06. The number of aryl methyl sites for hydroxylation is 2. The number of pyridine rings is 1. The lowest BCUT2D eigenvalue weighted by Gasteiger charge is -2.18. The van der Waals surface area contributed by atoms with Gasteiger partial charge in [-0.05, 0) is 31.9 Å². The molecule has 1 heterocycles. The van der Waals surface area contributed by atoms with Crippen LogP contribution in [-0.2, 0) is 4.79 Å². The Hall–Kier alpha value is -1.64. The van der Waals surface area contributed by atoms with Crippen molar-refractivity contribution in [3.8, 4) is 0 Å². The maximum Gasteiger partial charge on any atom is 0.120 e. The van der Waals surface area contributed by atoms with Crippen LogP contribution in [0.25, 0.3) is 0 Å². The van der Waals surface area contributed by atoms with Crippen LogP contribution in [0.4, 0.5) is 0 Å². The van der Waals surface area contributed by atoms with Crippen LogP contribution in [0.2, 0.25) is 0 Å². The van der Waals surface area contributed by atoms with Crippen LogP contribution in [0.1, 0.15) is 35.7 Å². The van der Waals surface area contributed by atoms with Gasteiger partial charge in [-0.25, -0.2) is 0 Å². The summed E-state index contributed by atoms with van der Waals surface area (Å²) in [6.07, 6.45) is 2.22. The number of carbonyl (C=O) groups excluding carboxylic acids is 1. The summed E-state index contributed by atoms with van der Waals surface area (Å²) >= 11 is 0. The number of allylic oxidation sites excluding steroid dienone is 1. The van der Waals surface area contributed by atoms with Gasteiger partial charge < -0.3 is 10.1 Å². The van der Waals surface area contributed by atoms with E-state index >= 15 is 0 Å². The Morgan fingerprint density at radius 3 is 2.76 bits per heavy atom. The third kappa shape index (κ3) is 3.41. The lowest BCUT2D eigenvalue weighted by atomic mass is 9.95. The van der Waals surface area contributed by atoms with E-state index in [-0.39, 0.29) is 5.92 Å². The fourth-order valence-electron chi connectivity index (χ4n) is 1.75. The van der Waals surface area contributed by atoms with E-state index in [0.717, 1.165) is 29.8 Å². The first kappa shape index (κ1) is 13.4. The summed E-state index contributed by atoms with van der Waals surface area (Å²) < 4.78 is 0. The van der Waals surface area contributed by atoms with Gasteiger partial charge in [0, 0.05) is 36.5 Å². The monoisotopic (exact) mass is 232 g/mol. The van der Waals surface area contributed by atoms with E-state index in [2.05, 4.69) is 22.9 Å². The number of carbonyl (C=O) groups is 1. The quantitative estimate of drug-likeness (QED) is 0.766. The molecule has 0 aromatic carbocycles. The van der Waals surface area contributed by atoms with E-state index in [4.69, 9.17) is 0 Å². The van der Waals surface area contributed by atoms with Gasteiger partial charge in [0.05, 0.1) is 0 Å². The first-order valence-corrected chi connectivity index (χ1v) is 5.84. The van der Waals surface area contributed by atoms with Crippen LogP contribution < -0.4 is 5.32 Å². The van der Waals surface area contributed by atoms with Crippen LogP contribution in [0, 0.1) is 13.8 Å². The second kappa shape index (κ2) is 6.18. The minimum Gasteiger partial charge on any atom is -0.391 e. The zero-order valence-electron chi connectivity index (χ0n) is 10.8. The second-order valence-corrected chi connectivity index (χ2v) is 4.21. The van der Waals surface area contributed by atoms with Crippen molar-refractivity contribution < 1.29 is 4.79 Å². The van der Waals surface area contributed by atoms with Gasteiger partial charge in [-0.3, -0.25) is 4.98 Å². The maximum atomic E-state index is 10.5. The third-order valence-electron chi connectivity index (χ3n) is 3.04. The van der Waals surface area contributed by atoms with Gasteiger partial charge in [0.1, 0.15) is 6.29 Å². The molecule has 1 unspecified atom stereocenters. The molecule has 0 amide bonds. The summed E-state index contributed by atoms with van der Waals surface area (Å²) in [4.78, 5) is 15.1. The van der Waals surface area contributed by atoms with E-state index < -0.39 is 0 Å². The first-order valence-electron chi connectivity index (χ1n) is 5.84. The van der Waals surface area contributed by atoms with Gasteiger partial charge in [0.2, 0.25) is 0 Å². The Labute approximate surface area is 103 Å². The molecule has 3 heteroatoms. The molecule has 3 nitrogen and oxygen atoms in total. The number of aldehydes is 1. The Morgan fingerprint density at radius 2 is 2.24 bits per heavy atom. The highest BCUT2D eigenvalue weighted by Gasteiger charge is 2.16. The Balaban J connectivity index is 2.98. The molecule has 92 valence electrons. The molecular formula is C14H20N2O. The van der Waals surface area contributed by atoms with Gasteiger partial charge in [-0.2, -0.15) is 0 Å². The number of nitrogens with one attached hydrogen (secondary N) is 1. The van der Waals surface area contributed by atoms with Gasteiger partial charge in [-0.15, -0.1) is 0 Å². The van der Waals surface area contributed by atoms with Gasteiger partial charge in [0.25, 0.3) is 0 Å². The van der Waals surface area contributed by atoms with Crippen LogP contribution in [0.5, 0.6) is 0 Å². The van der Waals surface area contributed by atoms with Crippen molar-refractivity contribution >= 4 is 6.29 Å². The third-order valence-corrected chi connectivity index (χ3v) is 3.04. The average Bonchev–Trinajstić information content (AvgIpc) is 2.33. The van der Waals surface area contributed by atoms with Crippen molar-refractivity contribution in [1.82, 2.24) is 10.3 Å². The number of likely N-dealkylation sites (N-methyl/N-ethyl adjacent to an activating group) is 1. The van der Waals surface area contributed by atoms with Gasteiger partial charge in [-0.1, -0.05) is 12.6 Å². The predicted molar refractivity (Wildman–Crippen MR) is 69.9 cm³/mol. The molecule has 1 atom stereocenters. The van der Waals surface area contributed by atoms with Crippen molar-refractivity contribution in [2.45, 2.75) is 32.6 Å². The molecule has 0 aliphatic heterocycles. The number of hydrogen-bond acceptors (Lipinski definition) is 3. The summed E-state index contributed by atoms with van der Waals surface area (Å²) in [6.45, 7) is 8.03. The predicted octanol–water partition coefficient (Wildman–Crippen LogP) is 2.49. The SMILES string of the molecule is C=C(NC)C(CCC=O)c1ccc(C)c(C)n1. The summed E-state index contributed by atoms with van der Waals surface area (Å²) in [7, 11) is 1.84. The second-order valence-electron chi connectivity index (χ2n) is 4.21. The molecule has 1 aromatic rings. The average molecular weight is 232 g/mol. The molecular weight excluding hydrogens is 212 g/mol. The molecule has 0 spiro atoms. The van der Waals surface area contributed by atoms with E-state index in [0.29, 0.717) is 6.42 Å². The Kier molecular flexibility index (Phi) is 4.88. The van der Waals surface area contributed by atoms with Crippen molar-refractivity contribution in [2.24, 2.45) is 0 Å². The zero-order chi connectivity index (χ0) is 12.8. The van der Waals surface area contributed by atoms with E-state index in [1.165, 1.54) is 5.56 Å². The normalized spacial score (nSPS) is 11.9. The number of hydrogen-bond donors (Lipinski definition) is 1. The Morgan fingerprint density at radius 1 is 1.53 bits per heavy atom. The molecule has 0 bridgehead atoms. The Bertz CT molecular complexity index is 413. The lowest BCUT2D eigenvalue weighted by molar-refractivity contribution is -0.107. The minimum atomic E-state index is 0.101. The van der Waals surface area contributed by atoms with Gasteiger partial charge >= 0.3 is 0 Å². The number of aromatic nitrogens is 1. The topological polar surface area (TPSA) is 42.0 Å². The fraction of sp³-hybridized carbons (Fsp3) is 0.429. The summed E-state index contributed by atoms with van der Waals surface area (Å²) in [5.74, 6) is 0.101. The van der Waals surface area contributed by atoms with E-state index in [9.17, 15) is 4.79 Å². The molecule has 0 aliphatic carbocycles. The molecule has 0 aliphatic rings. The van der Waals surface area contributed by atoms with Crippen molar-refractivity contribution in [3.63, 3.8) is 0 Å². The van der Waals surface area contributed by atoms with Gasteiger partial charge in [0.15, 0.2) is 0 Å². The van der Waals surface area contributed by atoms with E-state index in [1.54, 1.807) is 0 Å². The van der Waals surface area contributed by atoms with Crippen LogP contribution in [-0.4, -0.2) is 18.3 Å². The lowest BCUT2D eigenvalue weighted by Crippen LogP contribution is -2.15. The summed E-state index contributed by atoms with van der Waals surface area (Å²) in [5.41, 5.74) is 4.09. The van der Waals surface area contributed by atoms with Crippen molar-refractivity contribution in [2.75, 3.05) is 7.05 Å².